The molecule has 0 fully saturated rings. The van der Waals surface area contributed by atoms with Gasteiger partial charge in [-0.05, 0) is 90.9 Å². The molecule has 0 aromatic heterocycles. The second kappa shape index (κ2) is 13.6. The van der Waals surface area contributed by atoms with Gasteiger partial charge in [0.1, 0.15) is 40.6 Å². The number of fused-ring (bicyclic) bond motifs is 4. The maximum atomic E-state index is 12.2. The van der Waals surface area contributed by atoms with Crippen molar-refractivity contribution in [3.63, 3.8) is 0 Å². The minimum absolute atomic E-state index is 0.116. The van der Waals surface area contributed by atoms with E-state index in [4.69, 9.17) is 23.7 Å². The number of methoxy groups -OCH3 is 2. The lowest BCUT2D eigenvalue weighted by atomic mass is 9.71. The minimum atomic E-state index is -0.983. The quantitative estimate of drug-likeness (QED) is 0.155. The molecule has 48 heavy (non-hydrogen) atoms. The summed E-state index contributed by atoms with van der Waals surface area (Å²) in [5.41, 5.74) is 5.54. The van der Waals surface area contributed by atoms with Gasteiger partial charge in [0, 0.05) is 54.2 Å². The van der Waals surface area contributed by atoms with Crippen LogP contribution >= 0.6 is 0 Å². The maximum Gasteiger partial charge on any atom is 0.128 e. The zero-order chi connectivity index (χ0) is 33.4. The molecule has 3 aliphatic heterocycles. The summed E-state index contributed by atoms with van der Waals surface area (Å²) < 4.78 is 30.2. The predicted octanol–water partition coefficient (Wildman–Crippen LogP) is 6.27. The standard InChI is InChI=1S/C39H42O9/c1-44-14-5-9-33-36(38(43)35-29-8-4-15-46-32(29)12-13-34(35)48-33)31-21-47-39-24(19-27(45-2)20-30(39)37(31)42)16-23-18-26(41)10-11-28(23)22-6-3-7-25(40)17-22/h3,6-7,10-13,17-20,31,33,36-38,40-43H,4-5,8-9,14-16,21H2,1-2H3. The fourth-order valence-corrected chi connectivity index (χ4v) is 7.74. The fraction of sp³-hybridized carbons (Fsp3) is 0.385. The van der Waals surface area contributed by atoms with Crippen molar-refractivity contribution in [1.29, 1.82) is 0 Å². The number of hydrogen-bond donors (Lipinski definition) is 4. The molecule has 0 aliphatic carbocycles. The molecule has 5 unspecified atom stereocenters. The molecule has 5 atom stereocenters. The molecule has 0 spiro atoms. The second-order valence-corrected chi connectivity index (χ2v) is 12.9. The van der Waals surface area contributed by atoms with Crippen LogP contribution in [0.2, 0.25) is 0 Å². The van der Waals surface area contributed by atoms with Crippen molar-refractivity contribution in [3.8, 4) is 45.6 Å². The Bertz CT molecular complexity index is 1790. The predicted molar refractivity (Wildman–Crippen MR) is 179 cm³/mol. The zero-order valence-corrected chi connectivity index (χ0v) is 27.2. The van der Waals surface area contributed by atoms with Gasteiger partial charge in [-0.3, -0.25) is 0 Å². The molecule has 252 valence electrons. The molecule has 3 heterocycles. The van der Waals surface area contributed by atoms with Crippen molar-refractivity contribution in [1.82, 2.24) is 0 Å². The maximum absolute atomic E-state index is 12.2. The Balaban J connectivity index is 1.26. The molecule has 9 nitrogen and oxygen atoms in total. The van der Waals surface area contributed by atoms with Crippen molar-refractivity contribution in [2.45, 2.75) is 50.4 Å². The van der Waals surface area contributed by atoms with E-state index in [9.17, 15) is 20.4 Å². The van der Waals surface area contributed by atoms with Crippen LogP contribution in [-0.4, -0.2) is 60.6 Å². The summed E-state index contributed by atoms with van der Waals surface area (Å²) >= 11 is 0. The zero-order valence-electron chi connectivity index (χ0n) is 27.2. The monoisotopic (exact) mass is 654 g/mol. The van der Waals surface area contributed by atoms with E-state index in [1.807, 2.05) is 30.3 Å². The van der Waals surface area contributed by atoms with Gasteiger partial charge in [0.2, 0.25) is 0 Å². The molecule has 0 bridgehead atoms. The Morgan fingerprint density at radius 2 is 1.69 bits per heavy atom. The number of ether oxygens (including phenoxy) is 5. The van der Waals surface area contributed by atoms with E-state index in [-0.39, 0.29) is 24.2 Å². The van der Waals surface area contributed by atoms with E-state index in [0.717, 1.165) is 58.4 Å². The van der Waals surface area contributed by atoms with E-state index in [1.54, 1.807) is 50.6 Å². The number of aliphatic hydroxyl groups excluding tert-OH is 2. The Morgan fingerprint density at radius 1 is 0.854 bits per heavy atom. The van der Waals surface area contributed by atoms with Crippen LogP contribution in [0.25, 0.3) is 11.1 Å². The van der Waals surface area contributed by atoms with Crippen LogP contribution < -0.4 is 18.9 Å². The topological polar surface area (TPSA) is 127 Å². The molecular formula is C39H42O9. The molecule has 4 aromatic carbocycles. The van der Waals surface area contributed by atoms with Crippen molar-refractivity contribution < 1.29 is 44.1 Å². The first kappa shape index (κ1) is 32.1. The average molecular weight is 655 g/mol. The second-order valence-electron chi connectivity index (χ2n) is 12.9. The molecule has 9 heteroatoms. The molecule has 7 rings (SSSR count). The molecule has 0 radical (unpaired) electrons. The molecule has 3 aliphatic rings. The SMILES string of the molecule is COCCCC1Oc2ccc3c(c2C(O)C1C1COc2c(Cc4cc(O)ccc4-c4cccc(O)c4)cc(OC)cc2C1O)CCCO3. The number of aromatic hydroxyl groups is 2. The summed E-state index contributed by atoms with van der Waals surface area (Å²) in [7, 11) is 3.25. The number of benzene rings is 4. The van der Waals surface area contributed by atoms with Crippen LogP contribution in [0.3, 0.4) is 0 Å². The highest BCUT2D eigenvalue weighted by atomic mass is 16.5. The Labute approximate surface area is 280 Å². The lowest BCUT2D eigenvalue weighted by Crippen LogP contribution is -2.46. The van der Waals surface area contributed by atoms with Gasteiger partial charge in [0.25, 0.3) is 0 Å². The summed E-state index contributed by atoms with van der Waals surface area (Å²) in [4.78, 5) is 0. The first-order valence-electron chi connectivity index (χ1n) is 16.6. The lowest BCUT2D eigenvalue weighted by molar-refractivity contribution is -0.0894. The van der Waals surface area contributed by atoms with E-state index >= 15 is 0 Å². The van der Waals surface area contributed by atoms with Crippen molar-refractivity contribution in [2.75, 3.05) is 34.0 Å². The molecule has 0 saturated carbocycles. The van der Waals surface area contributed by atoms with Gasteiger partial charge < -0.3 is 44.1 Å². The highest BCUT2D eigenvalue weighted by molar-refractivity contribution is 5.70. The van der Waals surface area contributed by atoms with E-state index in [2.05, 4.69) is 0 Å². The third-order valence-corrected chi connectivity index (χ3v) is 9.98. The van der Waals surface area contributed by atoms with Crippen molar-refractivity contribution in [3.05, 3.63) is 94.5 Å². The third kappa shape index (κ3) is 6.02. The summed E-state index contributed by atoms with van der Waals surface area (Å²) in [5.74, 6) is 1.85. The number of phenols is 2. The Hall–Kier alpha value is -4.44. The minimum Gasteiger partial charge on any atom is -0.508 e. The van der Waals surface area contributed by atoms with Gasteiger partial charge in [0.15, 0.2) is 0 Å². The number of phenolic OH excluding ortho intramolecular Hbond substituents is 2. The van der Waals surface area contributed by atoms with Crippen LogP contribution in [-0.2, 0) is 17.6 Å². The fourth-order valence-electron chi connectivity index (χ4n) is 7.74. The van der Waals surface area contributed by atoms with Crippen LogP contribution in [0, 0.1) is 11.8 Å². The van der Waals surface area contributed by atoms with Gasteiger partial charge in [-0.25, -0.2) is 0 Å². The largest absolute Gasteiger partial charge is 0.508 e. The first-order chi connectivity index (χ1) is 23.4. The molecule has 0 amide bonds. The molecule has 4 N–H and O–H groups in total. The van der Waals surface area contributed by atoms with E-state index < -0.39 is 24.0 Å². The molecule has 4 aromatic rings. The van der Waals surface area contributed by atoms with Crippen LogP contribution in [0.15, 0.2) is 66.7 Å². The lowest BCUT2D eigenvalue weighted by Gasteiger charge is -2.45. The average Bonchev–Trinajstić information content (AvgIpc) is 3.09. The van der Waals surface area contributed by atoms with Crippen molar-refractivity contribution >= 4 is 0 Å². The molecule has 0 saturated heterocycles. The number of aliphatic hydroxyl groups is 2. The van der Waals surface area contributed by atoms with Gasteiger partial charge in [0.05, 0.1) is 32.5 Å². The van der Waals surface area contributed by atoms with Crippen LogP contribution in [0.4, 0.5) is 0 Å². The highest BCUT2D eigenvalue weighted by Gasteiger charge is 2.48. The van der Waals surface area contributed by atoms with Crippen LogP contribution in [0.1, 0.15) is 59.3 Å². The van der Waals surface area contributed by atoms with Crippen LogP contribution in [0.5, 0.6) is 34.5 Å². The summed E-state index contributed by atoms with van der Waals surface area (Å²) in [6.45, 7) is 1.36. The van der Waals surface area contributed by atoms with E-state index in [1.165, 1.54) is 0 Å². The Morgan fingerprint density at radius 3 is 2.50 bits per heavy atom. The molecular weight excluding hydrogens is 612 g/mol. The third-order valence-electron chi connectivity index (χ3n) is 9.98. The van der Waals surface area contributed by atoms with Gasteiger partial charge in [-0.15, -0.1) is 0 Å². The van der Waals surface area contributed by atoms with Crippen molar-refractivity contribution in [2.24, 2.45) is 11.8 Å². The normalized spacial score (nSPS) is 22.7. The first-order valence-corrected chi connectivity index (χ1v) is 16.6. The Kier molecular flexibility index (Phi) is 9.09. The van der Waals surface area contributed by atoms with Gasteiger partial charge in [-0.1, -0.05) is 18.2 Å². The number of rotatable bonds is 9. The van der Waals surface area contributed by atoms with Gasteiger partial charge >= 0.3 is 0 Å². The van der Waals surface area contributed by atoms with Gasteiger partial charge in [-0.2, -0.15) is 0 Å². The summed E-state index contributed by atoms with van der Waals surface area (Å²) in [6.07, 6.45) is 1.12. The summed E-state index contributed by atoms with van der Waals surface area (Å²) in [5, 5.41) is 44.9. The number of hydrogen-bond acceptors (Lipinski definition) is 9. The smallest absolute Gasteiger partial charge is 0.128 e. The summed E-state index contributed by atoms with van der Waals surface area (Å²) in [6, 6.07) is 19.6. The van der Waals surface area contributed by atoms with E-state index in [0.29, 0.717) is 48.9 Å². The highest BCUT2D eigenvalue weighted by Crippen LogP contribution is 2.53.